The van der Waals surface area contributed by atoms with Gasteiger partial charge in [0.05, 0.1) is 21.0 Å². The zero-order valence-corrected chi connectivity index (χ0v) is 11.2. The van der Waals surface area contributed by atoms with Gasteiger partial charge in [0.15, 0.2) is 0 Å². The van der Waals surface area contributed by atoms with E-state index in [1.165, 1.54) is 18.6 Å². The summed E-state index contributed by atoms with van der Waals surface area (Å²) in [6, 6.07) is 4.05. The lowest BCUT2D eigenvalue weighted by atomic mass is 10.2. The lowest BCUT2D eigenvalue weighted by Crippen LogP contribution is -2.03. The first-order valence-corrected chi connectivity index (χ1v) is 6.04. The van der Waals surface area contributed by atoms with Crippen LogP contribution in [0.15, 0.2) is 35.1 Å². The quantitative estimate of drug-likeness (QED) is 0.513. The Morgan fingerprint density at radius 2 is 2.28 bits per heavy atom. The van der Waals surface area contributed by atoms with Crippen molar-refractivity contribution in [3.05, 3.63) is 55.8 Å². The Bertz CT molecular complexity index is 572. The maximum absolute atomic E-state index is 13.4. The first-order valence-electron chi connectivity index (χ1n) is 4.96. The maximum Gasteiger partial charge on any atom is 0.293 e. The van der Waals surface area contributed by atoms with E-state index in [0.717, 1.165) is 11.6 Å². The molecule has 18 heavy (non-hydrogen) atoms. The number of nitrogens with zero attached hydrogens (tertiary/aromatic N) is 1. The molecular weight excluding hydrogens is 354 g/mol. The molecule has 0 aliphatic rings. The average Bonchev–Trinajstić information content (AvgIpc) is 2.83. The van der Waals surface area contributed by atoms with Crippen molar-refractivity contribution in [2.24, 2.45) is 0 Å². The Morgan fingerprint density at radius 3 is 2.89 bits per heavy atom. The van der Waals surface area contributed by atoms with Gasteiger partial charge in [-0.2, -0.15) is 0 Å². The minimum Gasteiger partial charge on any atom is -0.472 e. The lowest BCUT2D eigenvalue weighted by Gasteiger charge is -2.06. The molecule has 7 heteroatoms. The number of rotatable bonds is 4. The topological polar surface area (TPSA) is 68.3 Å². The van der Waals surface area contributed by atoms with Gasteiger partial charge in [0.25, 0.3) is 5.69 Å². The number of anilines is 1. The highest BCUT2D eigenvalue weighted by Gasteiger charge is 2.17. The van der Waals surface area contributed by atoms with Gasteiger partial charge < -0.3 is 9.73 Å². The zero-order valence-electron chi connectivity index (χ0n) is 9.02. The van der Waals surface area contributed by atoms with E-state index in [-0.39, 0.29) is 14.9 Å². The van der Waals surface area contributed by atoms with E-state index in [0.29, 0.717) is 6.54 Å². The predicted molar refractivity (Wildman–Crippen MR) is 71.8 cm³/mol. The molecule has 5 nitrogen and oxygen atoms in total. The van der Waals surface area contributed by atoms with Gasteiger partial charge in [0, 0.05) is 24.2 Å². The van der Waals surface area contributed by atoms with Gasteiger partial charge in [0.1, 0.15) is 11.5 Å². The van der Waals surface area contributed by atoms with E-state index < -0.39 is 10.7 Å². The zero-order chi connectivity index (χ0) is 13.1. The van der Waals surface area contributed by atoms with Crippen molar-refractivity contribution in [2.75, 3.05) is 5.32 Å². The second-order valence-corrected chi connectivity index (χ2v) is 4.69. The first-order chi connectivity index (χ1) is 8.58. The Labute approximate surface area is 115 Å². The van der Waals surface area contributed by atoms with Gasteiger partial charge in [-0.1, -0.05) is 0 Å². The van der Waals surface area contributed by atoms with Gasteiger partial charge >= 0.3 is 0 Å². The predicted octanol–water partition coefficient (Wildman–Crippen LogP) is 3.54. The third kappa shape index (κ3) is 2.78. The minimum absolute atomic E-state index is 0.149. The molecule has 0 fully saturated rings. The highest BCUT2D eigenvalue weighted by molar-refractivity contribution is 14.1. The highest BCUT2D eigenvalue weighted by Crippen LogP contribution is 2.29. The van der Waals surface area contributed by atoms with Gasteiger partial charge in [-0.25, -0.2) is 4.39 Å². The van der Waals surface area contributed by atoms with Crippen LogP contribution in [0.5, 0.6) is 0 Å². The van der Waals surface area contributed by atoms with Crippen molar-refractivity contribution in [3.63, 3.8) is 0 Å². The molecule has 0 aliphatic heterocycles. The molecule has 0 saturated carbocycles. The average molecular weight is 362 g/mol. The molecule has 2 rings (SSSR count). The number of hydrogen-bond donors (Lipinski definition) is 1. The minimum atomic E-state index is -0.542. The van der Waals surface area contributed by atoms with Crippen molar-refractivity contribution in [1.29, 1.82) is 0 Å². The fourth-order valence-electron chi connectivity index (χ4n) is 1.42. The summed E-state index contributed by atoms with van der Waals surface area (Å²) in [4.78, 5) is 10.3. The largest absolute Gasteiger partial charge is 0.472 e. The summed E-state index contributed by atoms with van der Waals surface area (Å²) in [7, 11) is 0. The van der Waals surface area contributed by atoms with Gasteiger partial charge in [-0.15, -0.1) is 0 Å². The molecule has 0 radical (unpaired) electrons. The summed E-state index contributed by atoms with van der Waals surface area (Å²) in [5.74, 6) is -0.490. The summed E-state index contributed by atoms with van der Waals surface area (Å²) in [6.45, 7) is 0.331. The summed E-state index contributed by atoms with van der Waals surface area (Å²) in [5, 5.41) is 13.7. The van der Waals surface area contributed by atoms with E-state index in [9.17, 15) is 14.5 Å². The van der Waals surface area contributed by atoms with Crippen molar-refractivity contribution in [1.82, 2.24) is 0 Å². The van der Waals surface area contributed by atoms with Crippen LogP contribution in [-0.4, -0.2) is 4.92 Å². The van der Waals surface area contributed by atoms with Crippen LogP contribution >= 0.6 is 22.6 Å². The Hall–Kier alpha value is -1.64. The summed E-state index contributed by atoms with van der Waals surface area (Å²) >= 11 is 1.72. The molecule has 1 aromatic heterocycles. The molecule has 1 N–H and O–H groups in total. The standard InChI is InChI=1S/C11H8FIN2O3/c12-8-3-10(11(15(16)17)4-9(8)13)14-5-7-1-2-18-6-7/h1-4,6,14H,5H2. The molecule has 1 heterocycles. The fourth-order valence-corrected chi connectivity index (χ4v) is 1.87. The SMILES string of the molecule is O=[N+]([O-])c1cc(I)c(F)cc1NCc1ccoc1. The van der Waals surface area contributed by atoms with Crippen LogP contribution in [-0.2, 0) is 6.54 Å². The van der Waals surface area contributed by atoms with Crippen molar-refractivity contribution in [2.45, 2.75) is 6.54 Å². The number of nitro benzene ring substituents is 1. The molecule has 0 aliphatic carbocycles. The Kier molecular flexibility index (Phi) is 3.80. The maximum atomic E-state index is 13.4. The smallest absolute Gasteiger partial charge is 0.293 e. The van der Waals surface area contributed by atoms with Crippen LogP contribution in [0.2, 0.25) is 0 Å². The van der Waals surface area contributed by atoms with Crippen LogP contribution in [0.3, 0.4) is 0 Å². The molecule has 0 saturated heterocycles. The first kappa shape index (κ1) is 12.8. The van der Waals surface area contributed by atoms with Crippen molar-refractivity contribution < 1.29 is 13.7 Å². The van der Waals surface area contributed by atoms with E-state index in [4.69, 9.17) is 4.42 Å². The summed E-state index contributed by atoms with van der Waals surface area (Å²) < 4.78 is 18.5. The van der Waals surface area contributed by atoms with Gasteiger partial charge in [-0.3, -0.25) is 10.1 Å². The molecule has 2 aromatic rings. The molecule has 0 unspecified atom stereocenters. The second kappa shape index (κ2) is 5.34. The van der Waals surface area contributed by atoms with Gasteiger partial charge in [0.2, 0.25) is 0 Å². The third-order valence-electron chi connectivity index (χ3n) is 2.30. The number of benzene rings is 1. The van der Waals surface area contributed by atoms with Crippen molar-refractivity contribution in [3.8, 4) is 0 Å². The summed E-state index contributed by atoms with van der Waals surface area (Å²) in [6.07, 6.45) is 3.02. The normalized spacial score (nSPS) is 10.3. The van der Waals surface area contributed by atoms with E-state index in [2.05, 4.69) is 5.32 Å². The number of hydrogen-bond acceptors (Lipinski definition) is 4. The van der Waals surface area contributed by atoms with Crippen molar-refractivity contribution >= 4 is 34.0 Å². The molecule has 94 valence electrons. The lowest BCUT2D eigenvalue weighted by molar-refractivity contribution is -0.384. The second-order valence-electron chi connectivity index (χ2n) is 3.53. The van der Waals surface area contributed by atoms with E-state index in [1.54, 1.807) is 28.7 Å². The van der Waals surface area contributed by atoms with Crippen LogP contribution in [0.4, 0.5) is 15.8 Å². The fraction of sp³-hybridized carbons (Fsp3) is 0.0909. The summed E-state index contributed by atoms with van der Waals surface area (Å²) in [5.41, 5.74) is 0.826. The number of nitro groups is 1. The third-order valence-corrected chi connectivity index (χ3v) is 3.13. The molecule has 0 spiro atoms. The molecular formula is C11H8FIN2O3. The molecule has 0 atom stereocenters. The monoisotopic (exact) mass is 362 g/mol. The van der Waals surface area contributed by atoms with E-state index >= 15 is 0 Å². The van der Waals surface area contributed by atoms with E-state index in [1.807, 2.05) is 0 Å². The molecule has 0 amide bonds. The Morgan fingerprint density at radius 1 is 1.50 bits per heavy atom. The van der Waals surface area contributed by atoms with Crippen LogP contribution in [0, 0.1) is 19.5 Å². The van der Waals surface area contributed by atoms with Crippen LogP contribution in [0.1, 0.15) is 5.56 Å². The molecule has 0 bridgehead atoms. The van der Waals surface area contributed by atoms with Crippen LogP contribution in [0.25, 0.3) is 0 Å². The molecule has 1 aromatic carbocycles. The van der Waals surface area contributed by atoms with Crippen LogP contribution < -0.4 is 5.32 Å². The number of halogens is 2. The Balaban J connectivity index is 2.25. The van der Waals surface area contributed by atoms with Gasteiger partial charge in [-0.05, 0) is 28.7 Å². The highest BCUT2D eigenvalue weighted by atomic mass is 127. The number of furan rings is 1. The number of nitrogens with one attached hydrogen (secondary N) is 1.